The first-order chi connectivity index (χ1) is 11.6. The Morgan fingerprint density at radius 3 is 2.38 bits per heavy atom. The van der Waals surface area contributed by atoms with E-state index in [0.717, 1.165) is 51.6 Å². The number of likely N-dealkylation sites (tertiary alicyclic amines) is 1. The minimum absolute atomic E-state index is 0.0734. The molecule has 0 bridgehead atoms. The van der Waals surface area contributed by atoms with Crippen molar-refractivity contribution in [2.24, 2.45) is 11.8 Å². The zero-order chi connectivity index (χ0) is 16.9. The molecule has 2 fully saturated rings. The fourth-order valence-electron chi connectivity index (χ4n) is 4.47. The van der Waals surface area contributed by atoms with E-state index < -0.39 is 0 Å². The molecular weight excluding hydrogens is 300 g/mol. The normalized spacial score (nSPS) is 24.5. The van der Waals surface area contributed by atoms with Crippen LogP contribution in [0.15, 0.2) is 11.6 Å². The van der Waals surface area contributed by atoms with Gasteiger partial charge in [-0.3, -0.25) is 9.59 Å². The van der Waals surface area contributed by atoms with Crippen LogP contribution in [0.1, 0.15) is 71.1 Å². The van der Waals surface area contributed by atoms with Crippen molar-refractivity contribution in [2.75, 3.05) is 13.1 Å². The van der Waals surface area contributed by atoms with E-state index in [1.807, 2.05) is 4.90 Å². The van der Waals surface area contributed by atoms with Gasteiger partial charge in [0.1, 0.15) is 0 Å². The van der Waals surface area contributed by atoms with E-state index in [4.69, 9.17) is 0 Å². The van der Waals surface area contributed by atoms with Crippen molar-refractivity contribution in [3.8, 4) is 0 Å². The van der Waals surface area contributed by atoms with Crippen LogP contribution in [0.3, 0.4) is 0 Å². The average molecular weight is 332 g/mol. The molecule has 1 N–H and O–H groups in total. The second-order valence-corrected chi connectivity index (χ2v) is 7.84. The molecule has 0 unspecified atom stereocenters. The molecule has 1 atom stereocenters. The van der Waals surface area contributed by atoms with Crippen molar-refractivity contribution in [3.63, 3.8) is 0 Å². The van der Waals surface area contributed by atoms with E-state index in [1.54, 1.807) is 0 Å². The summed E-state index contributed by atoms with van der Waals surface area (Å²) in [5, 5.41) is 3.21. The van der Waals surface area contributed by atoms with Gasteiger partial charge in [-0.2, -0.15) is 0 Å². The average Bonchev–Trinajstić information content (AvgIpc) is 3.16. The van der Waals surface area contributed by atoms with Gasteiger partial charge in [0, 0.05) is 31.0 Å². The Hall–Kier alpha value is -1.32. The highest BCUT2D eigenvalue weighted by Crippen LogP contribution is 2.28. The van der Waals surface area contributed by atoms with Crippen molar-refractivity contribution in [3.05, 3.63) is 11.6 Å². The van der Waals surface area contributed by atoms with Gasteiger partial charge in [0.05, 0.1) is 0 Å². The van der Waals surface area contributed by atoms with Crippen LogP contribution in [0.25, 0.3) is 0 Å². The molecule has 4 heteroatoms. The van der Waals surface area contributed by atoms with E-state index >= 15 is 0 Å². The maximum absolute atomic E-state index is 12.5. The quantitative estimate of drug-likeness (QED) is 0.802. The first-order valence-electron chi connectivity index (χ1n) is 9.93. The summed E-state index contributed by atoms with van der Waals surface area (Å²) in [5.74, 6) is 0.854. The molecule has 1 heterocycles. The summed E-state index contributed by atoms with van der Waals surface area (Å²) in [6.45, 7) is 3.61. The minimum Gasteiger partial charge on any atom is -0.350 e. The summed E-state index contributed by atoms with van der Waals surface area (Å²) in [5.41, 5.74) is 1.39. The van der Waals surface area contributed by atoms with E-state index in [9.17, 15) is 9.59 Å². The Balaban J connectivity index is 1.44. The van der Waals surface area contributed by atoms with E-state index in [1.165, 1.54) is 31.3 Å². The Morgan fingerprint density at radius 1 is 1.04 bits per heavy atom. The van der Waals surface area contributed by atoms with Crippen molar-refractivity contribution < 1.29 is 9.59 Å². The van der Waals surface area contributed by atoms with Crippen LogP contribution >= 0.6 is 0 Å². The van der Waals surface area contributed by atoms with Crippen LogP contribution in [0, 0.1) is 11.8 Å². The molecule has 1 saturated carbocycles. The number of hydrogen-bond acceptors (Lipinski definition) is 2. The minimum atomic E-state index is 0.0734. The molecule has 24 heavy (non-hydrogen) atoms. The van der Waals surface area contributed by atoms with Gasteiger partial charge in [-0.05, 0) is 58.3 Å². The number of hydrogen-bond donors (Lipinski definition) is 1. The van der Waals surface area contributed by atoms with Crippen LogP contribution in [0.2, 0.25) is 0 Å². The highest BCUT2D eigenvalue weighted by Gasteiger charge is 2.32. The van der Waals surface area contributed by atoms with Crippen LogP contribution in [0.4, 0.5) is 0 Å². The molecule has 3 rings (SSSR count). The van der Waals surface area contributed by atoms with Crippen molar-refractivity contribution in [1.29, 1.82) is 0 Å². The SMILES string of the molecule is C[C@@H](NC(=O)C1CCN(C(=O)C2CCCC2)CC1)C1=CCCCC1. The topological polar surface area (TPSA) is 49.4 Å². The number of carbonyl (C=O) groups excluding carboxylic acids is 2. The molecule has 0 spiro atoms. The van der Waals surface area contributed by atoms with Gasteiger partial charge in [0.15, 0.2) is 0 Å². The highest BCUT2D eigenvalue weighted by atomic mass is 16.2. The van der Waals surface area contributed by atoms with Crippen molar-refractivity contribution >= 4 is 11.8 Å². The summed E-state index contributed by atoms with van der Waals surface area (Å²) < 4.78 is 0. The predicted octanol–water partition coefficient (Wildman–Crippen LogP) is 3.42. The molecule has 4 nitrogen and oxygen atoms in total. The molecule has 0 aromatic heterocycles. The molecule has 0 aromatic carbocycles. The van der Waals surface area contributed by atoms with E-state index in [2.05, 4.69) is 18.3 Å². The first-order valence-corrected chi connectivity index (χ1v) is 9.93. The molecule has 0 aromatic rings. The lowest BCUT2D eigenvalue weighted by Crippen LogP contribution is -2.46. The lowest BCUT2D eigenvalue weighted by atomic mass is 9.92. The molecule has 3 aliphatic rings. The van der Waals surface area contributed by atoms with E-state index in [-0.39, 0.29) is 23.8 Å². The summed E-state index contributed by atoms with van der Waals surface area (Å²) in [7, 11) is 0. The molecule has 2 aliphatic carbocycles. The van der Waals surface area contributed by atoms with Gasteiger partial charge in [0.25, 0.3) is 0 Å². The highest BCUT2D eigenvalue weighted by molar-refractivity contribution is 5.81. The fourth-order valence-corrected chi connectivity index (χ4v) is 4.47. The summed E-state index contributed by atoms with van der Waals surface area (Å²) >= 11 is 0. The number of amides is 2. The summed E-state index contributed by atoms with van der Waals surface area (Å²) in [4.78, 5) is 27.0. The second-order valence-electron chi connectivity index (χ2n) is 7.84. The molecular formula is C20H32N2O2. The zero-order valence-corrected chi connectivity index (χ0v) is 15.1. The second kappa shape index (κ2) is 8.17. The standard InChI is InChI=1S/C20H32N2O2/c1-15(16-7-3-2-4-8-16)21-19(23)17-11-13-22(14-12-17)20(24)18-9-5-6-10-18/h7,15,17-18H,2-6,8-14H2,1H3,(H,21,23)/t15-/m1/s1. The maximum Gasteiger partial charge on any atom is 0.225 e. The molecule has 134 valence electrons. The third-order valence-electron chi connectivity index (χ3n) is 6.12. The Bertz CT molecular complexity index is 486. The van der Waals surface area contributed by atoms with Crippen LogP contribution in [-0.4, -0.2) is 35.8 Å². The van der Waals surface area contributed by atoms with Crippen molar-refractivity contribution in [2.45, 2.75) is 77.2 Å². The Kier molecular flexibility index (Phi) is 5.96. The van der Waals surface area contributed by atoms with Gasteiger partial charge in [0.2, 0.25) is 11.8 Å². The van der Waals surface area contributed by atoms with Crippen LogP contribution in [0.5, 0.6) is 0 Å². The molecule has 1 saturated heterocycles. The number of nitrogens with zero attached hydrogens (tertiary/aromatic N) is 1. The number of piperidine rings is 1. The van der Waals surface area contributed by atoms with Gasteiger partial charge in [-0.1, -0.05) is 24.5 Å². The smallest absolute Gasteiger partial charge is 0.225 e. The predicted molar refractivity (Wildman–Crippen MR) is 95.4 cm³/mol. The number of rotatable bonds is 4. The van der Waals surface area contributed by atoms with Crippen molar-refractivity contribution in [1.82, 2.24) is 10.2 Å². The summed E-state index contributed by atoms with van der Waals surface area (Å²) in [6.07, 6.45) is 13.2. The number of allylic oxidation sites excluding steroid dienone is 1. The van der Waals surface area contributed by atoms with Gasteiger partial charge >= 0.3 is 0 Å². The third kappa shape index (κ3) is 4.20. The largest absolute Gasteiger partial charge is 0.350 e. The molecule has 2 amide bonds. The maximum atomic E-state index is 12.5. The van der Waals surface area contributed by atoms with Gasteiger partial charge in [-0.25, -0.2) is 0 Å². The third-order valence-corrected chi connectivity index (χ3v) is 6.12. The zero-order valence-electron chi connectivity index (χ0n) is 15.1. The Morgan fingerprint density at radius 2 is 1.75 bits per heavy atom. The van der Waals surface area contributed by atoms with Gasteiger partial charge in [-0.15, -0.1) is 0 Å². The molecule has 1 aliphatic heterocycles. The molecule has 0 radical (unpaired) electrons. The van der Waals surface area contributed by atoms with Gasteiger partial charge < -0.3 is 10.2 Å². The summed E-state index contributed by atoms with van der Waals surface area (Å²) in [6, 6.07) is 0.163. The number of carbonyl (C=O) groups is 2. The van der Waals surface area contributed by atoms with Crippen LogP contribution in [-0.2, 0) is 9.59 Å². The number of nitrogens with one attached hydrogen (secondary N) is 1. The first kappa shape index (κ1) is 17.5. The lowest BCUT2D eigenvalue weighted by molar-refractivity contribution is -0.139. The van der Waals surface area contributed by atoms with Crippen LogP contribution < -0.4 is 5.32 Å². The van der Waals surface area contributed by atoms with E-state index in [0.29, 0.717) is 5.91 Å². The Labute approximate surface area is 146 Å². The lowest BCUT2D eigenvalue weighted by Gasteiger charge is -2.33. The monoisotopic (exact) mass is 332 g/mol. The fraction of sp³-hybridized carbons (Fsp3) is 0.800.